The lowest BCUT2D eigenvalue weighted by Gasteiger charge is -2.21. The van der Waals surface area contributed by atoms with Gasteiger partial charge in [-0.3, -0.25) is 9.59 Å². The maximum absolute atomic E-state index is 12.9. The van der Waals surface area contributed by atoms with E-state index in [1.165, 1.54) is 16.7 Å². The molecule has 2 aromatic rings. The van der Waals surface area contributed by atoms with Gasteiger partial charge in [-0.05, 0) is 50.2 Å². The number of pyridine rings is 1. The van der Waals surface area contributed by atoms with Crippen LogP contribution in [0.25, 0.3) is 0 Å². The molecule has 0 aliphatic carbocycles. The standard InChI is InChI=1S/C18H20BrN3O2S/c1-3-20-16(23)12-22(4-2)18(24)15-6-5-11-21-17(15)25-14-9-7-13(19)8-10-14/h5-11H,3-4,12H2,1-2H3,(H,20,23). The van der Waals surface area contributed by atoms with Crippen molar-refractivity contribution >= 4 is 39.5 Å². The van der Waals surface area contributed by atoms with E-state index in [2.05, 4.69) is 26.2 Å². The number of rotatable bonds is 7. The minimum absolute atomic E-state index is 0.0421. The molecular weight excluding hydrogens is 402 g/mol. The summed E-state index contributed by atoms with van der Waals surface area (Å²) in [6.07, 6.45) is 1.66. The highest BCUT2D eigenvalue weighted by molar-refractivity contribution is 9.10. The molecule has 5 nitrogen and oxygen atoms in total. The molecule has 0 radical (unpaired) electrons. The van der Waals surface area contributed by atoms with Crippen molar-refractivity contribution in [2.45, 2.75) is 23.8 Å². The molecule has 1 N–H and O–H groups in total. The van der Waals surface area contributed by atoms with Gasteiger partial charge in [-0.2, -0.15) is 0 Å². The molecule has 0 saturated heterocycles. The number of hydrogen-bond donors (Lipinski definition) is 1. The molecule has 0 aliphatic heterocycles. The number of amides is 2. The molecule has 0 unspecified atom stereocenters. The number of likely N-dealkylation sites (N-methyl/N-ethyl adjacent to an activating group) is 2. The number of nitrogens with one attached hydrogen (secondary N) is 1. The van der Waals surface area contributed by atoms with Crippen molar-refractivity contribution in [1.29, 1.82) is 0 Å². The molecule has 1 heterocycles. The highest BCUT2D eigenvalue weighted by Gasteiger charge is 2.21. The molecule has 2 rings (SSSR count). The second kappa shape index (κ2) is 9.58. The Balaban J connectivity index is 2.21. The fourth-order valence-electron chi connectivity index (χ4n) is 2.17. The predicted octanol–water partition coefficient (Wildman–Crippen LogP) is 3.59. The van der Waals surface area contributed by atoms with Gasteiger partial charge in [0.05, 0.1) is 12.1 Å². The molecule has 2 amide bonds. The monoisotopic (exact) mass is 421 g/mol. The molecular formula is C18H20BrN3O2S. The lowest BCUT2D eigenvalue weighted by Crippen LogP contribution is -2.40. The Morgan fingerprint density at radius 1 is 1.20 bits per heavy atom. The van der Waals surface area contributed by atoms with Crippen LogP contribution in [-0.4, -0.2) is 41.3 Å². The van der Waals surface area contributed by atoms with Gasteiger partial charge in [0.2, 0.25) is 5.91 Å². The van der Waals surface area contributed by atoms with Gasteiger partial charge < -0.3 is 10.2 Å². The van der Waals surface area contributed by atoms with Crippen LogP contribution in [0.3, 0.4) is 0 Å². The lowest BCUT2D eigenvalue weighted by atomic mass is 10.2. The van der Waals surface area contributed by atoms with Gasteiger partial charge in [0.1, 0.15) is 5.03 Å². The van der Waals surface area contributed by atoms with E-state index < -0.39 is 0 Å². The van der Waals surface area contributed by atoms with Gasteiger partial charge in [-0.25, -0.2) is 4.98 Å². The van der Waals surface area contributed by atoms with Crippen molar-refractivity contribution in [1.82, 2.24) is 15.2 Å². The van der Waals surface area contributed by atoms with Gasteiger partial charge in [0.15, 0.2) is 0 Å². The number of aromatic nitrogens is 1. The van der Waals surface area contributed by atoms with Crippen molar-refractivity contribution < 1.29 is 9.59 Å². The summed E-state index contributed by atoms with van der Waals surface area (Å²) in [4.78, 5) is 31.6. The van der Waals surface area contributed by atoms with Gasteiger partial charge in [0, 0.05) is 28.7 Å². The molecule has 132 valence electrons. The zero-order chi connectivity index (χ0) is 18.2. The van der Waals surface area contributed by atoms with E-state index in [4.69, 9.17) is 0 Å². The van der Waals surface area contributed by atoms with Crippen LogP contribution in [0.4, 0.5) is 0 Å². The first-order chi connectivity index (χ1) is 12.0. The van der Waals surface area contributed by atoms with Crippen LogP contribution < -0.4 is 5.32 Å². The topological polar surface area (TPSA) is 62.3 Å². The van der Waals surface area contributed by atoms with E-state index in [0.29, 0.717) is 23.7 Å². The quantitative estimate of drug-likeness (QED) is 0.741. The smallest absolute Gasteiger partial charge is 0.257 e. The zero-order valence-corrected chi connectivity index (χ0v) is 16.6. The fraction of sp³-hybridized carbons (Fsp3) is 0.278. The first-order valence-corrected chi connectivity index (χ1v) is 9.60. The second-order valence-electron chi connectivity index (χ2n) is 5.18. The van der Waals surface area contributed by atoms with E-state index in [1.807, 2.05) is 38.1 Å². The summed E-state index contributed by atoms with van der Waals surface area (Å²) >= 11 is 4.84. The van der Waals surface area contributed by atoms with E-state index in [9.17, 15) is 9.59 Å². The Morgan fingerprint density at radius 2 is 1.92 bits per heavy atom. The van der Waals surface area contributed by atoms with Crippen LogP contribution >= 0.6 is 27.7 Å². The van der Waals surface area contributed by atoms with Crippen LogP contribution in [0, 0.1) is 0 Å². The minimum atomic E-state index is -0.193. The van der Waals surface area contributed by atoms with Crippen LogP contribution in [0.5, 0.6) is 0 Å². The van der Waals surface area contributed by atoms with Crippen LogP contribution in [0.1, 0.15) is 24.2 Å². The van der Waals surface area contributed by atoms with Crippen molar-refractivity contribution in [3.8, 4) is 0 Å². The summed E-state index contributed by atoms with van der Waals surface area (Å²) in [6.45, 7) is 4.75. The van der Waals surface area contributed by atoms with Crippen LogP contribution in [0.15, 0.2) is 57.0 Å². The number of hydrogen-bond acceptors (Lipinski definition) is 4. The largest absolute Gasteiger partial charge is 0.355 e. The SMILES string of the molecule is CCNC(=O)CN(CC)C(=O)c1cccnc1Sc1ccc(Br)cc1. The Labute approximate surface area is 160 Å². The third-order valence-corrected chi connectivity index (χ3v) is 4.96. The molecule has 0 atom stereocenters. The molecule has 7 heteroatoms. The van der Waals surface area contributed by atoms with E-state index in [0.717, 1.165) is 9.37 Å². The summed E-state index contributed by atoms with van der Waals surface area (Å²) < 4.78 is 0.994. The summed E-state index contributed by atoms with van der Waals surface area (Å²) in [5.41, 5.74) is 0.501. The first-order valence-electron chi connectivity index (χ1n) is 7.99. The number of halogens is 1. The summed E-state index contributed by atoms with van der Waals surface area (Å²) in [5.74, 6) is -0.356. The van der Waals surface area contributed by atoms with Crippen molar-refractivity contribution in [3.63, 3.8) is 0 Å². The molecule has 0 spiro atoms. The number of carbonyl (C=O) groups excluding carboxylic acids is 2. The second-order valence-corrected chi connectivity index (χ2v) is 7.16. The molecule has 0 bridgehead atoms. The Hall–Kier alpha value is -1.86. The predicted molar refractivity (Wildman–Crippen MR) is 103 cm³/mol. The van der Waals surface area contributed by atoms with Crippen LogP contribution in [0.2, 0.25) is 0 Å². The van der Waals surface area contributed by atoms with E-state index >= 15 is 0 Å². The van der Waals surface area contributed by atoms with Gasteiger partial charge >= 0.3 is 0 Å². The van der Waals surface area contributed by atoms with Crippen LogP contribution in [-0.2, 0) is 4.79 Å². The normalized spacial score (nSPS) is 10.4. The van der Waals surface area contributed by atoms with Crippen molar-refractivity contribution in [3.05, 3.63) is 52.6 Å². The van der Waals surface area contributed by atoms with E-state index in [-0.39, 0.29) is 18.4 Å². The third kappa shape index (κ3) is 5.57. The number of nitrogens with zero attached hydrogens (tertiary/aromatic N) is 2. The molecule has 0 aliphatic rings. The molecule has 0 fully saturated rings. The minimum Gasteiger partial charge on any atom is -0.355 e. The average Bonchev–Trinajstić information content (AvgIpc) is 2.62. The van der Waals surface area contributed by atoms with Gasteiger partial charge in [-0.15, -0.1) is 0 Å². The lowest BCUT2D eigenvalue weighted by molar-refractivity contribution is -0.121. The summed E-state index contributed by atoms with van der Waals surface area (Å²) in [7, 11) is 0. The average molecular weight is 422 g/mol. The Bertz CT molecular complexity index is 737. The third-order valence-electron chi connectivity index (χ3n) is 3.41. The highest BCUT2D eigenvalue weighted by Crippen LogP contribution is 2.30. The molecule has 1 aromatic carbocycles. The molecule has 0 saturated carbocycles. The fourth-order valence-corrected chi connectivity index (χ4v) is 3.31. The summed E-state index contributed by atoms with van der Waals surface area (Å²) in [6, 6.07) is 11.3. The molecule has 1 aromatic heterocycles. The van der Waals surface area contributed by atoms with E-state index in [1.54, 1.807) is 18.3 Å². The maximum Gasteiger partial charge on any atom is 0.257 e. The Kier molecular flexibility index (Phi) is 7.46. The highest BCUT2D eigenvalue weighted by atomic mass is 79.9. The van der Waals surface area contributed by atoms with Gasteiger partial charge in [-0.1, -0.05) is 27.7 Å². The number of benzene rings is 1. The zero-order valence-electron chi connectivity index (χ0n) is 14.2. The van der Waals surface area contributed by atoms with Crippen molar-refractivity contribution in [2.75, 3.05) is 19.6 Å². The van der Waals surface area contributed by atoms with Gasteiger partial charge in [0.25, 0.3) is 5.91 Å². The molecule has 25 heavy (non-hydrogen) atoms. The maximum atomic E-state index is 12.9. The Morgan fingerprint density at radius 3 is 2.56 bits per heavy atom. The number of carbonyl (C=O) groups is 2. The van der Waals surface area contributed by atoms with Crippen molar-refractivity contribution in [2.24, 2.45) is 0 Å². The summed E-state index contributed by atoms with van der Waals surface area (Å²) in [5, 5.41) is 3.35. The first kappa shape index (κ1) is 19.5.